The van der Waals surface area contributed by atoms with Gasteiger partial charge in [-0.3, -0.25) is 0 Å². The van der Waals surface area contributed by atoms with Crippen molar-refractivity contribution in [2.45, 2.75) is 13.1 Å². The number of nitrogens with one attached hydrogen (secondary N) is 2. The molecule has 3 rings (SSSR count). The zero-order chi connectivity index (χ0) is 22.8. The van der Waals surface area contributed by atoms with Crippen LogP contribution >= 0.6 is 11.6 Å². The van der Waals surface area contributed by atoms with Gasteiger partial charge < -0.3 is 26.8 Å². The molecule has 0 radical (unpaired) electrons. The highest BCUT2D eigenvalue weighted by molar-refractivity contribution is 6.31. The average Bonchev–Trinajstić information content (AvgIpc) is 2.68. The first kappa shape index (κ1) is 22.0. The van der Waals surface area contributed by atoms with Gasteiger partial charge in [0.1, 0.15) is 17.3 Å². The van der Waals surface area contributed by atoms with Gasteiger partial charge in [0, 0.05) is 23.6 Å². The van der Waals surface area contributed by atoms with Gasteiger partial charge in [0.2, 0.25) is 0 Å². The van der Waals surface area contributed by atoms with Crippen LogP contribution in [0.5, 0.6) is 11.5 Å². The Bertz CT molecular complexity index is 1140. The fourth-order valence-electron chi connectivity index (χ4n) is 2.63. The number of urea groups is 1. The first-order valence-corrected chi connectivity index (χ1v) is 9.15. The predicted octanol–water partition coefficient (Wildman–Crippen LogP) is 5.66. The minimum Gasteiger partial charge on any atom is -0.455 e. The molecule has 6 N–H and O–H groups in total. The molecular formula is C20H17ClF3N5O2. The molecule has 0 spiro atoms. The number of anilines is 4. The van der Waals surface area contributed by atoms with Gasteiger partial charge in [0.25, 0.3) is 0 Å². The van der Waals surface area contributed by atoms with Crippen molar-refractivity contribution in [3.8, 4) is 11.5 Å². The molecule has 2 amide bonds. The van der Waals surface area contributed by atoms with Crippen LogP contribution in [0.15, 0.2) is 48.7 Å². The molecule has 0 unspecified atom stereocenters. The number of nitrogens with zero attached hydrogens (tertiary/aromatic N) is 1. The number of hydrogen-bond donors (Lipinski definition) is 4. The monoisotopic (exact) mass is 451 g/mol. The van der Waals surface area contributed by atoms with E-state index in [9.17, 15) is 18.0 Å². The van der Waals surface area contributed by atoms with Crippen molar-refractivity contribution in [3.05, 3.63) is 64.8 Å². The van der Waals surface area contributed by atoms with Gasteiger partial charge in [-0.2, -0.15) is 13.2 Å². The van der Waals surface area contributed by atoms with E-state index in [1.807, 2.05) is 0 Å². The summed E-state index contributed by atoms with van der Waals surface area (Å²) in [6, 6.07) is 8.71. The largest absolute Gasteiger partial charge is 0.455 e. The number of halogens is 4. The standard InChI is InChI=1S/C20H17ClF3N5O2/c1-10-8-11(3-5-15(10)31-16-6-7-27-18(26)17(16)25)28-19(30)29-12-2-4-14(21)13(9-12)20(22,23)24/h2-9H,25H2,1H3,(H2,26,27)(H2,28,29,30). The summed E-state index contributed by atoms with van der Waals surface area (Å²) in [4.78, 5) is 16.0. The number of nitrogens with two attached hydrogens (primary N) is 2. The van der Waals surface area contributed by atoms with E-state index in [0.717, 1.165) is 12.1 Å². The number of ether oxygens (including phenoxy) is 1. The number of aromatic nitrogens is 1. The number of hydrogen-bond acceptors (Lipinski definition) is 5. The molecule has 162 valence electrons. The van der Waals surface area contributed by atoms with E-state index >= 15 is 0 Å². The van der Waals surface area contributed by atoms with E-state index < -0.39 is 22.8 Å². The van der Waals surface area contributed by atoms with Crippen molar-refractivity contribution in [1.82, 2.24) is 4.98 Å². The van der Waals surface area contributed by atoms with Crippen molar-refractivity contribution >= 4 is 40.5 Å². The number of rotatable bonds is 4. The Labute approximate surface area is 180 Å². The minimum absolute atomic E-state index is 0.0587. The van der Waals surface area contributed by atoms with Gasteiger partial charge in [-0.1, -0.05) is 11.6 Å². The second-order valence-corrected chi connectivity index (χ2v) is 6.87. The molecule has 0 fully saturated rings. The Morgan fingerprint density at radius 2 is 1.68 bits per heavy atom. The third-order valence-electron chi connectivity index (χ3n) is 4.16. The molecule has 1 aromatic heterocycles. The van der Waals surface area contributed by atoms with Crippen LogP contribution in [-0.2, 0) is 6.18 Å². The van der Waals surface area contributed by atoms with Gasteiger partial charge in [-0.05, 0) is 48.9 Å². The maximum absolute atomic E-state index is 13.0. The number of aryl methyl sites for hydroxylation is 1. The summed E-state index contributed by atoms with van der Waals surface area (Å²) in [5.74, 6) is 0.939. The van der Waals surface area contributed by atoms with E-state index in [-0.39, 0.29) is 17.2 Å². The molecule has 0 saturated carbocycles. The number of carbonyl (C=O) groups excluding carboxylic acids is 1. The molecule has 11 heteroatoms. The van der Waals surface area contributed by atoms with Crippen molar-refractivity contribution in [2.24, 2.45) is 0 Å². The molecule has 0 saturated heterocycles. The second kappa shape index (κ2) is 8.60. The highest BCUT2D eigenvalue weighted by Gasteiger charge is 2.33. The number of pyridine rings is 1. The van der Waals surface area contributed by atoms with Crippen molar-refractivity contribution in [3.63, 3.8) is 0 Å². The Morgan fingerprint density at radius 1 is 1.03 bits per heavy atom. The molecule has 0 bridgehead atoms. The molecule has 7 nitrogen and oxygen atoms in total. The summed E-state index contributed by atoms with van der Waals surface area (Å²) in [6.07, 6.45) is -3.18. The molecular weight excluding hydrogens is 435 g/mol. The van der Waals surface area contributed by atoms with Crippen LogP contribution in [0.25, 0.3) is 0 Å². The van der Waals surface area contributed by atoms with Gasteiger partial charge in [-0.15, -0.1) is 0 Å². The topological polar surface area (TPSA) is 115 Å². The molecule has 3 aromatic rings. The summed E-state index contributed by atoms with van der Waals surface area (Å²) >= 11 is 5.58. The van der Waals surface area contributed by atoms with Crippen LogP contribution in [0.3, 0.4) is 0 Å². The number of carbonyl (C=O) groups is 1. The molecule has 0 aliphatic heterocycles. The van der Waals surface area contributed by atoms with E-state index in [4.69, 9.17) is 27.8 Å². The fourth-order valence-corrected chi connectivity index (χ4v) is 2.86. The summed E-state index contributed by atoms with van der Waals surface area (Å²) in [5, 5.41) is 4.42. The number of nitrogen functional groups attached to an aromatic ring is 2. The highest BCUT2D eigenvalue weighted by Crippen LogP contribution is 2.36. The van der Waals surface area contributed by atoms with Crippen LogP contribution in [-0.4, -0.2) is 11.0 Å². The quantitative estimate of drug-likeness (QED) is 0.408. The molecule has 0 aliphatic carbocycles. The zero-order valence-electron chi connectivity index (χ0n) is 16.0. The van der Waals surface area contributed by atoms with E-state index in [0.29, 0.717) is 22.7 Å². The van der Waals surface area contributed by atoms with Crippen molar-refractivity contribution in [2.75, 3.05) is 22.1 Å². The summed E-state index contributed by atoms with van der Waals surface area (Å²) in [5.41, 5.74) is 11.7. The SMILES string of the molecule is Cc1cc(NC(=O)Nc2ccc(Cl)c(C(F)(F)F)c2)ccc1Oc1ccnc(N)c1N. The average molecular weight is 452 g/mol. The minimum atomic E-state index is -4.64. The van der Waals surface area contributed by atoms with Crippen LogP contribution < -0.4 is 26.8 Å². The van der Waals surface area contributed by atoms with Crippen LogP contribution in [0.2, 0.25) is 5.02 Å². The third-order valence-corrected chi connectivity index (χ3v) is 4.49. The lowest BCUT2D eigenvalue weighted by Crippen LogP contribution is -2.20. The number of alkyl halides is 3. The first-order chi connectivity index (χ1) is 14.5. The van der Waals surface area contributed by atoms with Gasteiger partial charge in [-0.25, -0.2) is 9.78 Å². The lowest BCUT2D eigenvalue weighted by atomic mass is 10.2. The highest BCUT2D eigenvalue weighted by atomic mass is 35.5. The normalized spacial score (nSPS) is 11.1. The Kier molecular flexibility index (Phi) is 6.11. The van der Waals surface area contributed by atoms with Crippen LogP contribution in [0.1, 0.15) is 11.1 Å². The summed E-state index contributed by atoms with van der Waals surface area (Å²) < 4.78 is 44.6. The summed E-state index contributed by atoms with van der Waals surface area (Å²) in [7, 11) is 0. The third kappa shape index (κ3) is 5.28. The Hall–Kier alpha value is -3.66. The maximum Gasteiger partial charge on any atom is 0.417 e. The second-order valence-electron chi connectivity index (χ2n) is 6.46. The van der Waals surface area contributed by atoms with Crippen molar-refractivity contribution in [1.29, 1.82) is 0 Å². The van der Waals surface area contributed by atoms with E-state index in [1.165, 1.54) is 12.3 Å². The Balaban J connectivity index is 1.70. The predicted molar refractivity (Wildman–Crippen MR) is 113 cm³/mol. The Morgan fingerprint density at radius 3 is 2.32 bits per heavy atom. The number of amides is 2. The summed E-state index contributed by atoms with van der Waals surface area (Å²) in [6.45, 7) is 1.74. The lowest BCUT2D eigenvalue weighted by Gasteiger charge is -2.14. The molecule has 31 heavy (non-hydrogen) atoms. The van der Waals surface area contributed by atoms with Crippen molar-refractivity contribution < 1.29 is 22.7 Å². The van der Waals surface area contributed by atoms with Gasteiger partial charge >= 0.3 is 12.2 Å². The lowest BCUT2D eigenvalue weighted by molar-refractivity contribution is -0.137. The molecule has 0 atom stereocenters. The molecule has 0 aliphatic rings. The zero-order valence-corrected chi connectivity index (χ0v) is 16.8. The smallest absolute Gasteiger partial charge is 0.417 e. The van der Waals surface area contributed by atoms with Crippen LogP contribution in [0, 0.1) is 6.92 Å². The van der Waals surface area contributed by atoms with E-state index in [2.05, 4.69) is 15.6 Å². The fraction of sp³-hybridized carbons (Fsp3) is 0.100. The first-order valence-electron chi connectivity index (χ1n) is 8.78. The van der Waals surface area contributed by atoms with Crippen LogP contribution in [0.4, 0.5) is 40.8 Å². The van der Waals surface area contributed by atoms with E-state index in [1.54, 1.807) is 31.2 Å². The van der Waals surface area contributed by atoms with Gasteiger partial charge in [0.15, 0.2) is 5.75 Å². The van der Waals surface area contributed by atoms with Gasteiger partial charge in [0.05, 0.1) is 10.6 Å². The number of benzene rings is 2. The maximum atomic E-state index is 13.0. The molecule has 1 heterocycles. The molecule has 2 aromatic carbocycles.